The lowest BCUT2D eigenvalue weighted by Crippen LogP contribution is -2.38. The van der Waals surface area contributed by atoms with Crippen LogP contribution in [0.3, 0.4) is 0 Å². The van der Waals surface area contributed by atoms with E-state index in [9.17, 15) is 4.79 Å². The van der Waals surface area contributed by atoms with Crippen molar-refractivity contribution in [3.63, 3.8) is 0 Å². The maximum absolute atomic E-state index is 12.0. The van der Waals surface area contributed by atoms with E-state index in [2.05, 4.69) is 15.9 Å². The van der Waals surface area contributed by atoms with Crippen LogP contribution in [0.1, 0.15) is 12.8 Å². The van der Waals surface area contributed by atoms with Crippen molar-refractivity contribution < 1.29 is 9.53 Å². The zero-order valence-corrected chi connectivity index (χ0v) is 12.3. The Hall–Kier alpha value is -0.740. The van der Waals surface area contributed by atoms with Crippen molar-refractivity contribution in [1.29, 1.82) is 0 Å². The van der Waals surface area contributed by atoms with Crippen LogP contribution in [0.25, 0.3) is 0 Å². The first-order valence-electron chi connectivity index (χ1n) is 5.94. The van der Waals surface area contributed by atoms with E-state index >= 15 is 0 Å². The summed E-state index contributed by atoms with van der Waals surface area (Å²) in [6.07, 6.45) is 2.22. The first-order valence-corrected chi connectivity index (χ1v) is 7.44. The van der Waals surface area contributed by atoms with E-state index in [1.807, 2.05) is 4.90 Å². The Balaban J connectivity index is 1.84. The second kappa shape index (κ2) is 6.43. The Morgan fingerprint density at radius 2 is 2.06 bits per heavy atom. The van der Waals surface area contributed by atoms with Gasteiger partial charge in [0.25, 0.3) is 5.91 Å². The normalized spacial score (nSPS) is 14.3. The summed E-state index contributed by atoms with van der Waals surface area (Å²) in [5.41, 5.74) is 0. The Labute approximate surface area is 120 Å². The van der Waals surface area contributed by atoms with Crippen molar-refractivity contribution in [3.05, 3.63) is 29.3 Å². The van der Waals surface area contributed by atoms with Gasteiger partial charge in [-0.1, -0.05) is 27.5 Å². The van der Waals surface area contributed by atoms with Gasteiger partial charge in [0.2, 0.25) is 0 Å². The maximum atomic E-state index is 12.0. The molecule has 1 aromatic rings. The minimum atomic E-state index is 0.0481. The van der Waals surface area contributed by atoms with E-state index in [1.165, 1.54) is 0 Å². The Kier molecular flexibility index (Phi) is 4.89. The molecule has 0 spiro atoms. The largest absolute Gasteiger partial charge is 0.484 e. The predicted octanol–water partition coefficient (Wildman–Crippen LogP) is 3.10. The van der Waals surface area contributed by atoms with Gasteiger partial charge in [-0.05, 0) is 37.1 Å². The summed E-state index contributed by atoms with van der Waals surface area (Å²) in [4.78, 5) is 13.9. The highest BCUT2D eigenvalue weighted by Crippen LogP contribution is 2.27. The molecule has 0 aromatic heterocycles. The number of carbonyl (C=O) groups is 1. The monoisotopic (exact) mass is 331 g/mol. The van der Waals surface area contributed by atoms with Crippen molar-refractivity contribution in [3.8, 4) is 5.75 Å². The minimum absolute atomic E-state index is 0.0481. The fraction of sp³-hybridized carbons (Fsp3) is 0.462. The summed E-state index contributed by atoms with van der Waals surface area (Å²) >= 11 is 9.15. The number of halogens is 2. The SMILES string of the molecule is O=C(COc1ccc(Cl)cc1)N(CCBr)C1CC1. The number of nitrogens with zero attached hydrogens (tertiary/aromatic N) is 1. The molecule has 0 heterocycles. The van der Waals surface area contributed by atoms with Crippen LogP contribution in [0.4, 0.5) is 0 Å². The van der Waals surface area contributed by atoms with Gasteiger partial charge in [0.05, 0.1) is 0 Å². The molecule has 1 saturated carbocycles. The summed E-state index contributed by atoms with van der Waals surface area (Å²) in [7, 11) is 0. The molecule has 98 valence electrons. The highest BCUT2D eigenvalue weighted by Gasteiger charge is 2.31. The number of hydrogen-bond donors (Lipinski definition) is 0. The van der Waals surface area contributed by atoms with Crippen LogP contribution < -0.4 is 4.74 Å². The molecule has 1 aliphatic rings. The highest BCUT2D eigenvalue weighted by molar-refractivity contribution is 9.09. The molecule has 1 aliphatic carbocycles. The predicted molar refractivity (Wildman–Crippen MR) is 75.5 cm³/mol. The van der Waals surface area contributed by atoms with Gasteiger partial charge < -0.3 is 9.64 Å². The van der Waals surface area contributed by atoms with Crippen LogP contribution in [-0.2, 0) is 4.79 Å². The van der Waals surface area contributed by atoms with Crippen LogP contribution >= 0.6 is 27.5 Å². The van der Waals surface area contributed by atoms with Crippen molar-refractivity contribution in [1.82, 2.24) is 4.90 Å². The summed E-state index contributed by atoms with van der Waals surface area (Å²) in [6.45, 7) is 0.832. The van der Waals surface area contributed by atoms with Crippen LogP contribution in [0, 0.1) is 0 Å². The first kappa shape index (κ1) is 13.7. The second-order valence-electron chi connectivity index (χ2n) is 4.25. The summed E-state index contributed by atoms with van der Waals surface area (Å²) in [5, 5.41) is 1.46. The van der Waals surface area contributed by atoms with Gasteiger partial charge in [-0.3, -0.25) is 4.79 Å². The van der Waals surface area contributed by atoms with Gasteiger partial charge in [0.1, 0.15) is 5.75 Å². The number of amides is 1. The Bertz CT molecular complexity index is 406. The lowest BCUT2D eigenvalue weighted by Gasteiger charge is -2.21. The minimum Gasteiger partial charge on any atom is -0.484 e. The average Bonchev–Trinajstić information content (AvgIpc) is 3.19. The van der Waals surface area contributed by atoms with Crippen LogP contribution in [0.5, 0.6) is 5.75 Å². The second-order valence-corrected chi connectivity index (χ2v) is 5.48. The molecule has 3 nitrogen and oxygen atoms in total. The number of benzene rings is 1. The number of alkyl halides is 1. The van der Waals surface area contributed by atoms with Gasteiger partial charge in [0, 0.05) is 22.9 Å². The topological polar surface area (TPSA) is 29.5 Å². The number of rotatable bonds is 6. The molecular formula is C13H15BrClNO2. The molecule has 0 bridgehead atoms. The number of hydrogen-bond acceptors (Lipinski definition) is 2. The van der Waals surface area contributed by atoms with Crippen LogP contribution in [0.15, 0.2) is 24.3 Å². The lowest BCUT2D eigenvalue weighted by molar-refractivity contribution is -0.133. The summed E-state index contributed by atoms with van der Waals surface area (Å²) in [6, 6.07) is 7.45. The molecule has 0 saturated heterocycles. The molecule has 1 fully saturated rings. The quantitative estimate of drug-likeness (QED) is 0.749. The van der Waals surface area contributed by atoms with E-state index in [1.54, 1.807) is 24.3 Å². The summed E-state index contributed by atoms with van der Waals surface area (Å²) < 4.78 is 5.46. The Morgan fingerprint density at radius 3 is 2.61 bits per heavy atom. The zero-order valence-electron chi connectivity index (χ0n) is 9.94. The number of carbonyl (C=O) groups excluding carboxylic acids is 1. The highest BCUT2D eigenvalue weighted by atomic mass is 79.9. The van der Waals surface area contributed by atoms with Gasteiger partial charge in [0.15, 0.2) is 6.61 Å². The van der Waals surface area contributed by atoms with E-state index in [0.29, 0.717) is 16.8 Å². The first-order chi connectivity index (χ1) is 8.70. The summed E-state index contributed by atoms with van der Waals surface area (Å²) in [5.74, 6) is 0.717. The fourth-order valence-electron chi connectivity index (χ4n) is 1.75. The third-order valence-electron chi connectivity index (χ3n) is 2.81. The van der Waals surface area contributed by atoms with E-state index < -0.39 is 0 Å². The van der Waals surface area contributed by atoms with E-state index in [0.717, 1.165) is 24.7 Å². The fourth-order valence-corrected chi connectivity index (χ4v) is 2.26. The standard InChI is InChI=1S/C13H15BrClNO2/c14-7-8-16(11-3-4-11)13(17)9-18-12-5-1-10(15)2-6-12/h1-2,5-6,11H,3-4,7-9H2. The molecular weight excluding hydrogens is 318 g/mol. The van der Waals surface area contributed by atoms with Gasteiger partial charge >= 0.3 is 0 Å². The molecule has 1 aromatic carbocycles. The molecule has 0 aliphatic heterocycles. The molecule has 1 amide bonds. The van der Waals surface area contributed by atoms with Crippen molar-refractivity contribution in [2.75, 3.05) is 18.5 Å². The van der Waals surface area contributed by atoms with E-state index in [-0.39, 0.29) is 12.5 Å². The molecule has 0 N–H and O–H groups in total. The molecule has 0 atom stereocenters. The van der Waals surface area contributed by atoms with Crippen molar-refractivity contribution in [2.45, 2.75) is 18.9 Å². The van der Waals surface area contributed by atoms with Gasteiger partial charge in [-0.15, -0.1) is 0 Å². The lowest BCUT2D eigenvalue weighted by atomic mass is 10.3. The van der Waals surface area contributed by atoms with Gasteiger partial charge in [-0.2, -0.15) is 0 Å². The van der Waals surface area contributed by atoms with Crippen LogP contribution in [0.2, 0.25) is 5.02 Å². The third-order valence-corrected chi connectivity index (χ3v) is 3.42. The molecule has 5 heteroatoms. The van der Waals surface area contributed by atoms with Crippen LogP contribution in [-0.4, -0.2) is 35.3 Å². The average molecular weight is 333 g/mol. The Morgan fingerprint density at radius 1 is 1.39 bits per heavy atom. The van der Waals surface area contributed by atoms with Gasteiger partial charge in [-0.25, -0.2) is 0 Å². The maximum Gasteiger partial charge on any atom is 0.260 e. The van der Waals surface area contributed by atoms with Crippen molar-refractivity contribution >= 4 is 33.4 Å². The smallest absolute Gasteiger partial charge is 0.260 e. The molecule has 0 unspecified atom stereocenters. The zero-order chi connectivity index (χ0) is 13.0. The third kappa shape index (κ3) is 3.89. The molecule has 2 rings (SSSR count). The molecule has 0 radical (unpaired) electrons. The van der Waals surface area contributed by atoms with E-state index in [4.69, 9.17) is 16.3 Å². The molecule has 18 heavy (non-hydrogen) atoms. The number of ether oxygens (including phenoxy) is 1. The van der Waals surface area contributed by atoms with Crippen molar-refractivity contribution in [2.24, 2.45) is 0 Å².